The zero-order valence-electron chi connectivity index (χ0n) is 19.4. The predicted octanol–water partition coefficient (Wildman–Crippen LogP) is 5.07. The second-order valence-electron chi connectivity index (χ2n) is 9.26. The van der Waals surface area contributed by atoms with E-state index in [0.29, 0.717) is 33.7 Å². The van der Waals surface area contributed by atoms with Gasteiger partial charge in [-0.3, -0.25) is 18.9 Å². The van der Waals surface area contributed by atoms with Crippen molar-refractivity contribution in [2.45, 2.75) is 32.0 Å². The molecule has 2 aliphatic heterocycles. The lowest BCUT2D eigenvalue weighted by Gasteiger charge is -2.32. The van der Waals surface area contributed by atoms with Crippen LogP contribution in [0, 0.1) is 5.82 Å². The fraction of sp³-hybridized carbons (Fsp3) is 0.480. The normalized spacial score (nSPS) is 18.5. The van der Waals surface area contributed by atoms with Crippen LogP contribution in [0.3, 0.4) is 0 Å². The summed E-state index contributed by atoms with van der Waals surface area (Å²) in [5.74, 6) is -0.286. The molecule has 0 amide bonds. The van der Waals surface area contributed by atoms with Gasteiger partial charge in [0, 0.05) is 62.4 Å². The number of imidazole rings is 1. The van der Waals surface area contributed by atoms with Crippen LogP contribution in [0.4, 0.5) is 4.39 Å². The Hall–Kier alpha value is -1.61. The van der Waals surface area contributed by atoms with E-state index in [4.69, 9.17) is 39.5 Å². The molecule has 0 unspecified atom stereocenters. The van der Waals surface area contributed by atoms with Gasteiger partial charge in [0.05, 0.1) is 34.3 Å². The molecule has 0 saturated carbocycles. The zero-order chi connectivity index (χ0) is 24.5. The van der Waals surface area contributed by atoms with Crippen LogP contribution in [0.2, 0.25) is 15.1 Å². The molecule has 0 aliphatic carbocycles. The summed E-state index contributed by atoms with van der Waals surface area (Å²) in [6.07, 6.45) is 1.58. The van der Waals surface area contributed by atoms with Gasteiger partial charge in [0.15, 0.2) is 0 Å². The third-order valence-corrected chi connectivity index (χ3v) is 8.04. The second-order valence-corrected chi connectivity index (χ2v) is 10.5. The van der Waals surface area contributed by atoms with Gasteiger partial charge in [-0.2, -0.15) is 0 Å². The van der Waals surface area contributed by atoms with Crippen LogP contribution >= 0.6 is 34.8 Å². The fourth-order valence-corrected chi connectivity index (χ4v) is 5.61. The molecule has 0 N–H and O–H groups in total. The highest BCUT2D eigenvalue weighted by molar-refractivity contribution is 6.42. The number of benzene rings is 2. The highest BCUT2D eigenvalue weighted by Crippen LogP contribution is 2.32. The highest BCUT2D eigenvalue weighted by atomic mass is 35.5. The van der Waals surface area contributed by atoms with Crippen molar-refractivity contribution in [1.29, 1.82) is 0 Å². The van der Waals surface area contributed by atoms with Crippen LogP contribution in [0.15, 0.2) is 35.1 Å². The van der Waals surface area contributed by atoms with Crippen LogP contribution in [0.5, 0.6) is 0 Å². The van der Waals surface area contributed by atoms with E-state index in [1.54, 1.807) is 24.3 Å². The predicted molar refractivity (Wildman–Crippen MR) is 138 cm³/mol. The molecule has 3 aromatic rings. The number of hydrogen-bond donors (Lipinski definition) is 0. The molecule has 2 saturated heterocycles. The van der Waals surface area contributed by atoms with Crippen LogP contribution < -0.4 is 5.69 Å². The minimum absolute atomic E-state index is 0.0335. The van der Waals surface area contributed by atoms with Crippen molar-refractivity contribution in [3.8, 4) is 0 Å². The number of fused-ring (bicyclic) bond motifs is 1. The van der Waals surface area contributed by atoms with Gasteiger partial charge in [-0.15, -0.1) is 0 Å². The summed E-state index contributed by atoms with van der Waals surface area (Å²) < 4.78 is 23.4. The Morgan fingerprint density at radius 3 is 2.26 bits per heavy atom. The van der Waals surface area contributed by atoms with Crippen LogP contribution in [0.25, 0.3) is 11.0 Å². The largest absolute Gasteiger partial charge is 0.379 e. The monoisotopic (exact) mass is 540 g/mol. The summed E-state index contributed by atoms with van der Waals surface area (Å²) in [5, 5.41) is 1.28. The average molecular weight is 542 g/mol. The zero-order valence-corrected chi connectivity index (χ0v) is 21.6. The number of likely N-dealkylation sites (tertiary alicyclic amines) is 1. The number of ether oxygens (including phenoxy) is 1. The molecule has 3 heterocycles. The topological polar surface area (TPSA) is 42.6 Å². The Balaban J connectivity index is 1.36. The van der Waals surface area contributed by atoms with E-state index < -0.39 is 0 Å². The molecule has 6 nitrogen and oxygen atoms in total. The van der Waals surface area contributed by atoms with Gasteiger partial charge >= 0.3 is 5.69 Å². The van der Waals surface area contributed by atoms with Crippen molar-refractivity contribution in [3.05, 3.63) is 67.3 Å². The maximum Gasteiger partial charge on any atom is 0.329 e. The number of hydrogen-bond acceptors (Lipinski definition) is 4. The lowest BCUT2D eigenvalue weighted by Crippen LogP contribution is -2.40. The molecule has 2 aliphatic rings. The lowest BCUT2D eigenvalue weighted by molar-refractivity contribution is 0.0364. The summed E-state index contributed by atoms with van der Waals surface area (Å²) in [6.45, 7) is 6.57. The van der Waals surface area contributed by atoms with Crippen molar-refractivity contribution in [2.75, 3.05) is 45.9 Å². The van der Waals surface area contributed by atoms with E-state index in [1.165, 1.54) is 6.07 Å². The molecule has 0 spiro atoms. The number of piperidine rings is 1. The van der Waals surface area contributed by atoms with Crippen molar-refractivity contribution in [1.82, 2.24) is 18.9 Å². The summed E-state index contributed by atoms with van der Waals surface area (Å²) in [4.78, 5) is 18.2. The number of nitrogens with zero attached hydrogens (tertiary/aromatic N) is 4. The average Bonchev–Trinajstić information content (AvgIpc) is 3.11. The summed E-state index contributed by atoms with van der Waals surface area (Å²) in [5.41, 5.74) is 2.22. The van der Waals surface area contributed by atoms with Gasteiger partial charge in [-0.1, -0.05) is 40.9 Å². The maximum atomic E-state index is 14.3. The van der Waals surface area contributed by atoms with Crippen LogP contribution in [0.1, 0.15) is 24.4 Å². The first kappa shape index (κ1) is 25.1. The second kappa shape index (κ2) is 10.8. The molecule has 2 fully saturated rings. The molecule has 1 aromatic heterocycles. The van der Waals surface area contributed by atoms with E-state index in [1.807, 2.05) is 9.13 Å². The van der Waals surface area contributed by atoms with Crippen LogP contribution in [-0.4, -0.2) is 64.9 Å². The first-order valence-electron chi connectivity index (χ1n) is 12.0. The number of morpholine rings is 1. The molecule has 5 rings (SSSR count). The van der Waals surface area contributed by atoms with Gasteiger partial charge in [0.2, 0.25) is 0 Å². The highest BCUT2D eigenvalue weighted by Gasteiger charge is 2.26. The summed E-state index contributed by atoms with van der Waals surface area (Å²) in [7, 11) is 0. The van der Waals surface area contributed by atoms with Gasteiger partial charge < -0.3 is 4.74 Å². The molecular formula is C25H28Cl3FN4O2. The Bertz CT molecular complexity index is 1260. The first-order valence-corrected chi connectivity index (χ1v) is 13.1. The van der Waals surface area contributed by atoms with Crippen molar-refractivity contribution in [2.24, 2.45) is 0 Å². The SMILES string of the molecule is O=c1n(CCN2CCOCC2)c2cc(Cl)c(Cl)cc2n1C1CCN(Cc2ccc(Cl)cc2F)CC1. The minimum Gasteiger partial charge on any atom is -0.379 e. The molecular weight excluding hydrogens is 514 g/mol. The minimum atomic E-state index is -0.286. The smallest absolute Gasteiger partial charge is 0.329 e. The number of aromatic nitrogens is 2. The quantitative estimate of drug-likeness (QED) is 0.437. The third-order valence-electron chi connectivity index (χ3n) is 7.08. The molecule has 35 heavy (non-hydrogen) atoms. The Labute approximate surface area is 218 Å². The van der Waals surface area contributed by atoms with Gasteiger partial charge in [-0.05, 0) is 37.1 Å². The Kier molecular flexibility index (Phi) is 7.72. The van der Waals surface area contributed by atoms with Crippen molar-refractivity contribution < 1.29 is 9.13 Å². The molecule has 10 heteroatoms. The molecule has 0 radical (unpaired) electrons. The molecule has 188 valence electrons. The number of halogens is 4. The van der Waals surface area contributed by atoms with E-state index in [9.17, 15) is 9.18 Å². The van der Waals surface area contributed by atoms with Crippen molar-refractivity contribution >= 4 is 45.8 Å². The molecule has 2 aromatic carbocycles. The number of rotatable bonds is 6. The summed E-state index contributed by atoms with van der Waals surface area (Å²) >= 11 is 18.6. The third kappa shape index (κ3) is 5.41. The van der Waals surface area contributed by atoms with Gasteiger partial charge in [0.25, 0.3) is 0 Å². The van der Waals surface area contributed by atoms with E-state index in [0.717, 1.165) is 69.8 Å². The van der Waals surface area contributed by atoms with E-state index in [-0.39, 0.29) is 17.5 Å². The van der Waals surface area contributed by atoms with E-state index in [2.05, 4.69) is 9.80 Å². The Morgan fingerprint density at radius 2 is 1.57 bits per heavy atom. The Morgan fingerprint density at radius 1 is 0.886 bits per heavy atom. The van der Waals surface area contributed by atoms with Gasteiger partial charge in [0.1, 0.15) is 5.82 Å². The fourth-order valence-electron chi connectivity index (χ4n) is 5.13. The molecule has 0 bridgehead atoms. The summed E-state index contributed by atoms with van der Waals surface area (Å²) in [6, 6.07) is 8.45. The van der Waals surface area contributed by atoms with E-state index >= 15 is 0 Å². The lowest BCUT2D eigenvalue weighted by atomic mass is 10.0. The van der Waals surface area contributed by atoms with Gasteiger partial charge in [-0.25, -0.2) is 9.18 Å². The first-order chi connectivity index (χ1) is 16.9. The molecule has 0 atom stereocenters. The standard InChI is InChI=1S/C25H28Cl3FN4O2/c26-18-2-1-17(22(29)13-18)16-31-5-3-19(4-6-31)33-24-15-21(28)20(27)14-23(24)32(25(33)34)8-7-30-9-11-35-12-10-30/h1-2,13-15,19H,3-12,16H2. The van der Waals surface area contributed by atoms with Crippen LogP contribution in [-0.2, 0) is 17.8 Å². The van der Waals surface area contributed by atoms with Crippen molar-refractivity contribution in [3.63, 3.8) is 0 Å². The maximum absolute atomic E-state index is 14.3.